The molecule has 0 fully saturated rings. The molecule has 7 heteroatoms. The molecule has 2 N–H and O–H groups in total. The number of likely N-dealkylation sites (N-methyl/N-ethyl adjacent to an activating group) is 1. The molecule has 152 valence electrons. The van der Waals surface area contributed by atoms with E-state index in [0.717, 1.165) is 5.56 Å². The van der Waals surface area contributed by atoms with Crippen LogP contribution in [0.25, 0.3) is 0 Å². The second kappa shape index (κ2) is 9.32. The summed E-state index contributed by atoms with van der Waals surface area (Å²) in [5.41, 5.74) is 3.50. The van der Waals surface area contributed by atoms with Crippen LogP contribution < -0.4 is 10.0 Å². The Morgan fingerprint density at radius 2 is 1.75 bits per heavy atom. The summed E-state index contributed by atoms with van der Waals surface area (Å²) in [5, 5.41) is 2.77. The molecule has 0 unspecified atom stereocenters. The van der Waals surface area contributed by atoms with Gasteiger partial charge in [-0.15, -0.1) is 0 Å². The molecule has 0 aliphatic rings. The average Bonchev–Trinajstić information content (AvgIpc) is 2.63. The zero-order chi connectivity index (χ0) is 20.9. The normalized spacial score (nSPS) is 11.8. The highest BCUT2D eigenvalue weighted by Crippen LogP contribution is 2.20. The van der Waals surface area contributed by atoms with Gasteiger partial charge in [0.25, 0.3) is 0 Å². The van der Waals surface area contributed by atoms with E-state index in [9.17, 15) is 13.2 Å². The molecular weight excluding hydrogens is 374 g/mol. The van der Waals surface area contributed by atoms with Gasteiger partial charge in [0.05, 0.1) is 11.4 Å². The number of amides is 1. The maximum Gasteiger partial charge on any atom is 0.240 e. The molecule has 0 bridgehead atoms. The topological polar surface area (TPSA) is 78.5 Å². The molecule has 0 aromatic heterocycles. The van der Waals surface area contributed by atoms with Gasteiger partial charge in [-0.2, -0.15) is 0 Å². The fourth-order valence-corrected chi connectivity index (χ4v) is 3.89. The van der Waals surface area contributed by atoms with E-state index in [2.05, 4.69) is 48.2 Å². The second-order valence-corrected chi connectivity index (χ2v) is 9.16. The first kappa shape index (κ1) is 22.1. The predicted molar refractivity (Wildman–Crippen MR) is 113 cm³/mol. The predicted octanol–water partition coefficient (Wildman–Crippen LogP) is 3.10. The summed E-state index contributed by atoms with van der Waals surface area (Å²) >= 11 is 0. The summed E-state index contributed by atoms with van der Waals surface area (Å²) in [6.07, 6.45) is 0. The first-order valence-electron chi connectivity index (χ1n) is 9.24. The van der Waals surface area contributed by atoms with Gasteiger partial charge in [0.15, 0.2) is 0 Å². The van der Waals surface area contributed by atoms with Crippen LogP contribution in [0.2, 0.25) is 0 Å². The van der Waals surface area contributed by atoms with Crippen LogP contribution >= 0.6 is 0 Å². The SMILES string of the molecule is CNS(=O)(=O)c1cc(NC(=O)CN(C)Cc2ccc(C(C)C)cc2)ccc1C. The van der Waals surface area contributed by atoms with E-state index in [-0.39, 0.29) is 17.3 Å². The van der Waals surface area contributed by atoms with Crippen molar-refractivity contribution >= 4 is 21.6 Å². The number of anilines is 1. The molecule has 0 aliphatic heterocycles. The minimum absolute atomic E-state index is 0.159. The molecule has 0 saturated carbocycles. The summed E-state index contributed by atoms with van der Waals surface area (Å²) in [6.45, 7) is 6.88. The van der Waals surface area contributed by atoms with E-state index in [1.165, 1.54) is 18.7 Å². The van der Waals surface area contributed by atoms with E-state index in [1.54, 1.807) is 19.1 Å². The highest BCUT2D eigenvalue weighted by molar-refractivity contribution is 7.89. The van der Waals surface area contributed by atoms with Gasteiger partial charge in [-0.05, 0) is 55.8 Å². The van der Waals surface area contributed by atoms with Crippen LogP contribution in [-0.4, -0.2) is 39.9 Å². The van der Waals surface area contributed by atoms with Gasteiger partial charge in [0.2, 0.25) is 15.9 Å². The number of carbonyl (C=O) groups excluding carboxylic acids is 1. The van der Waals surface area contributed by atoms with Gasteiger partial charge in [-0.3, -0.25) is 9.69 Å². The van der Waals surface area contributed by atoms with Crippen molar-refractivity contribution in [1.29, 1.82) is 0 Å². The number of nitrogens with one attached hydrogen (secondary N) is 2. The Kier molecular flexibility index (Phi) is 7.35. The van der Waals surface area contributed by atoms with E-state index in [1.807, 2.05) is 11.9 Å². The van der Waals surface area contributed by atoms with E-state index in [0.29, 0.717) is 23.7 Å². The van der Waals surface area contributed by atoms with E-state index < -0.39 is 10.0 Å². The summed E-state index contributed by atoms with van der Waals surface area (Å²) in [4.78, 5) is 14.4. The zero-order valence-corrected chi connectivity index (χ0v) is 17.9. The third kappa shape index (κ3) is 5.89. The number of hydrogen-bond donors (Lipinski definition) is 2. The molecule has 2 aromatic carbocycles. The first-order chi connectivity index (χ1) is 13.1. The van der Waals surface area contributed by atoms with Gasteiger partial charge < -0.3 is 5.32 Å². The molecule has 2 aromatic rings. The van der Waals surface area contributed by atoms with E-state index >= 15 is 0 Å². The molecule has 6 nitrogen and oxygen atoms in total. The van der Waals surface area contributed by atoms with Crippen molar-refractivity contribution < 1.29 is 13.2 Å². The Hall–Kier alpha value is -2.22. The highest BCUT2D eigenvalue weighted by atomic mass is 32.2. The summed E-state index contributed by atoms with van der Waals surface area (Å²) < 4.78 is 26.4. The molecule has 0 radical (unpaired) electrons. The molecule has 2 rings (SSSR count). The fraction of sp³-hybridized carbons (Fsp3) is 0.381. The lowest BCUT2D eigenvalue weighted by Crippen LogP contribution is -2.30. The van der Waals surface area contributed by atoms with Crippen LogP contribution in [0.15, 0.2) is 47.4 Å². The number of benzene rings is 2. The zero-order valence-electron chi connectivity index (χ0n) is 17.1. The number of nitrogens with zero attached hydrogens (tertiary/aromatic N) is 1. The Bertz CT molecular complexity index is 922. The average molecular weight is 404 g/mol. The van der Waals surface area contributed by atoms with Crippen molar-refractivity contribution in [3.8, 4) is 0 Å². The number of hydrogen-bond acceptors (Lipinski definition) is 4. The minimum Gasteiger partial charge on any atom is -0.325 e. The third-order valence-electron chi connectivity index (χ3n) is 4.54. The number of aryl methyl sites for hydroxylation is 1. The summed E-state index contributed by atoms with van der Waals surface area (Å²) in [5.74, 6) is 0.293. The van der Waals surface area contributed by atoms with Crippen LogP contribution in [0.4, 0.5) is 5.69 Å². The molecular formula is C21H29N3O3S. The third-order valence-corrected chi connectivity index (χ3v) is 6.10. The Labute approximate surface area is 168 Å². The van der Waals surface area contributed by atoms with Crippen molar-refractivity contribution in [2.24, 2.45) is 0 Å². The number of rotatable bonds is 8. The van der Waals surface area contributed by atoms with Crippen molar-refractivity contribution in [1.82, 2.24) is 9.62 Å². The van der Waals surface area contributed by atoms with Crippen LogP contribution in [0.1, 0.15) is 36.5 Å². The Balaban J connectivity index is 1.99. The quantitative estimate of drug-likeness (QED) is 0.710. The van der Waals surface area contributed by atoms with Gasteiger partial charge in [0, 0.05) is 12.2 Å². The lowest BCUT2D eigenvalue weighted by atomic mass is 10.0. The van der Waals surface area contributed by atoms with Crippen molar-refractivity contribution in [2.45, 2.75) is 38.1 Å². The lowest BCUT2D eigenvalue weighted by Gasteiger charge is -2.17. The molecule has 0 heterocycles. The standard InChI is InChI=1S/C21H29N3O3S/c1-15(2)18-9-7-17(8-10-18)13-24(5)14-21(25)23-19-11-6-16(3)20(12-19)28(26,27)22-4/h6-12,15,22H,13-14H2,1-5H3,(H,23,25). The molecule has 0 atom stereocenters. The van der Waals surface area contributed by atoms with Crippen molar-refractivity contribution in [3.05, 3.63) is 59.2 Å². The first-order valence-corrected chi connectivity index (χ1v) is 10.7. The van der Waals surface area contributed by atoms with Crippen LogP contribution in [0.5, 0.6) is 0 Å². The van der Waals surface area contributed by atoms with Gasteiger partial charge >= 0.3 is 0 Å². The summed E-state index contributed by atoms with van der Waals surface area (Å²) in [6, 6.07) is 13.3. The molecule has 28 heavy (non-hydrogen) atoms. The largest absolute Gasteiger partial charge is 0.325 e. The maximum atomic E-state index is 12.4. The maximum absolute atomic E-state index is 12.4. The van der Waals surface area contributed by atoms with Crippen LogP contribution in [-0.2, 0) is 21.4 Å². The van der Waals surface area contributed by atoms with Gasteiger partial charge in [0.1, 0.15) is 0 Å². The highest BCUT2D eigenvalue weighted by Gasteiger charge is 2.16. The van der Waals surface area contributed by atoms with Crippen molar-refractivity contribution in [2.75, 3.05) is 26.0 Å². The number of carbonyl (C=O) groups is 1. The molecule has 0 aliphatic carbocycles. The van der Waals surface area contributed by atoms with Gasteiger partial charge in [-0.1, -0.05) is 44.2 Å². The monoisotopic (exact) mass is 403 g/mol. The molecule has 0 spiro atoms. The summed E-state index contributed by atoms with van der Waals surface area (Å²) in [7, 11) is -0.332. The fourth-order valence-electron chi connectivity index (χ4n) is 2.90. The smallest absolute Gasteiger partial charge is 0.240 e. The number of sulfonamides is 1. The minimum atomic E-state index is -3.57. The second-order valence-electron chi connectivity index (χ2n) is 7.30. The van der Waals surface area contributed by atoms with Gasteiger partial charge in [-0.25, -0.2) is 13.1 Å². The van der Waals surface area contributed by atoms with Crippen LogP contribution in [0.3, 0.4) is 0 Å². The van der Waals surface area contributed by atoms with Crippen molar-refractivity contribution in [3.63, 3.8) is 0 Å². The Morgan fingerprint density at radius 1 is 1.11 bits per heavy atom. The molecule has 1 amide bonds. The van der Waals surface area contributed by atoms with E-state index in [4.69, 9.17) is 0 Å². The lowest BCUT2D eigenvalue weighted by molar-refractivity contribution is -0.117. The van der Waals surface area contributed by atoms with Crippen LogP contribution in [0, 0.1) is 6.92 Å². The Morgan fingerprint density at radius 3 is 2.32 bits per heavy atom. The molecule has 0 saturated heterocycles.